The number of carbonyl (C=O) groups excluding carboxylic acids is 1. The highest BCUT2D eigenvalue weighted by Crippen LogP contribution is 2.45. The Balaban J connectivity index is 1.64. The lowest BCUT2D eigenvalue weighted by molar-refractivity contribution is 0.0942. The maximum atomic E-state index is 12.5. The number of halogens is 1. The molecular weight excluding hydrogens is 384 g/mol. The van der Waals surface area contributed by atoms with Crippen molar-refractivity contribution in [3.8, 4) is 0 Å². The van der Waals surface area contributed by atoms with Crippen LogP contribution in [0.25, 0.3) is 0 Å². The van der Waals surface area contributed by atoms with E-state index in [1.807, 2.05) is 74.0 Å². The summed E-state index contributed by atoms with van der Waals surface area (Å²) in [5, 5.41) is 3.76. The molecule has 1 unspecified atom stereocenters. The Morgan fingerprint density at radius 2 is 1.81 bits per heavy atom. The number of likely N-dealkylation sites (N-methyl/N-ethyl adjacent to an activating group) is 1. The van der Waals surface area contributed by atoms with E-state index in [1.165, 1.54) is 17.1 Å². The number of amides is 1. The van der Waals surface area contributed by atoms with Crippen LogP contribution in [0.4, 0.5) is 0 Å². The Morgan fingerprint density at radius 1 is 1.15 bits per heavy atom. The minimum Gasteiger partial charge on any atom is -0.350 e. The van der Waals surface area contributed by atoms with E-state index < -0.39 is 0 Å². The highest BCUT2D eigenvalue weighted by atomic mass is 35.5. The monoisotopic (exact) mass is 406 g/mol. The van der Waals surface area contributed by atoms with Gasteiger partial charge in [-0.3, -0.25) is 4.79 Å². The molecule has 0 aliphatic carbocycles. The number of nitrogens with zero attached hydrogens (tertiary/aromatic N) is 1. The maximum absolute atomic E-state index is 12.5. The molecule has 1 aliphatic rings. The highest BCUT2D eigenvalue weighted by Gasteiger charge is 2.20. The number of benzene rings is 2. The fraction of sp³-hybridized carbons (Fsp3) is 0.350. The molecule has 1 atom stereocenters. The number of nitrogens with one attached hydrogen (secondary N) is 1. The zero-order valence-electron chi connectivity index (χ0n) is 14.9. The number of carbonyl (C=O) groups is 1. The normalized spacial score (nSPS) is 16.0. The number of rotatable bonds is 6. The fourth-order valence-corrected chi connectivity index (χ4v) is 6.07. The van der Waals surface area contributed by atoms with Crippen LogP contribution in [0.15, 0.2) is 48.5 Å². The molecule has 0 spiro atoms. The summed E-state index contributed by atoms with van der Waals surface area (Å²) in [4.78, 5) is 14.6. The molecule has 1 aliphatic heterocycles. The van der Waals surface area contributed by atoms with Crippen molar-refractivity contribution in [2.24, 2.45) is 0 Å². The van der Waals surface area contributed by atoms with Crippen LogP contribution in [0.1, 0.15) is 32.1 Å². The third-order valence-corrected chi connectivity index (χ3v) is 7.86. The first-order valence-electron chi connectivity index (χ1n) is 8.58. The van der Waals surface area contributed by atoms with Gasteiger partial charge >= 0.3 is 0 Å². The van der Waals surface area contributed by atoms with Crippen LogP contribution in [-0.2, 0) is 0 Å². The Morgan fingerprint density at radius 3 is 2.42 bits per heavy atom. The van der Waals surface area contributed by atoms with E-state index in [9.17, 15) is 4.79 Å². The van der Waals surface area contributed by atoms with Crippen LogP contribution in [-0.4, -0.2) is 43.0 Å². The SMILES string of the molecule is CN(C)C(CNC(=O)c1ccc(C2SCCS2)cc1)c1ccccc1Cl. The standard InChI is InChI=1S/C20H23ClN2OS2/c1-23(2)18(16-5-3-4-6-17(16)21)13-22-19(24)14-7-9-15(10-8-14)20-25-11-12-26-20/h3-10,18,20H,11-13H2,1-2H3,(H,22,24). The van der Waals surface area contributed by atoms with Crippen molar-refractivity contribution in [2.75, 3.05) is 32.1 Å². The highest BCUT2D eigenvalue weighted by molar-refractivity contribution is 8.19. The van der Waals surface area contributed by atoms with Crippen LogP contribution in [0.3, 0.4) is 0 Å². The van der Waals surface area contributed by atoms with Crippen molar-refractivity contribution >= 4 is 41.0 Å². The number of thioether (sulfide) groups is 2. The third kappa shape index (κ3) is 4.77. The van der Waals surface area contributed by atoms with E-state index >= 15 is 0 Å². The molecular formula is C20H23ClN2OS2. The third-order valence-electron chi connectivity index (χ3n) is 4.41. The van der Waals surface area contributed by atoms with Gasteiger partial charge in [0.05, 0.1) is 10.6 Å². The second-order valence-corrected chi connectivity index (χ2v) is 9.54. The summed E-state index contributed by atoms with van der Waals surface area (Å²) >= 11 is 10.3. The molecule has 26 heavy (non-hydrogen) atoms. The predicted octanol–water partition coefficient (Wildman–Crippen LogP) is 4.85. The van der Waals surface area contributed by atoms with Gasteiger partial charge in [-0.2, -0.15) is 0 Å². The zero-order valence-corrected chi connectivity index (χ0v) is 17.3. The molecule has 2 aromatic carbocycles. The molecule has 3 nitrogen and oxygen atoms in total. The first-order valence-corrected chi connectivity index (χ1v) is 11.1. The molecule has 138 valence electrons. The average molecular weight is 407 g/mol. The smallest absolute Gasteiger partial charge is 0.251 e. The van der Waals surface area contributed by atoms with Crippen LogP contribution in [0, 0.1) is 0 Å². The van der Waals surface area contributed by atoms with Crippen molar-refractivity contribution in [1.29, 1.82) is 0 Å². The predicted molar refractivity (Wildman–Crippen MR) is 114 cm³/mol. The van der Waals surface area contributed by atoms with Gasteiger partial charge in [-0.25, -0.2) is 0 Å². The van der Waals surface area contributed by atoms with Gasteiger partial charge in [-0.15, -0.1) is 23.5 Å². The van der Waals surface area contributed by atoms with Gasteiger partial charge in [0.15, 0.2) is 0 Å². The molecule has 1 heterocycles. The Bertz CT molecular complexity index is 746. The minimum atomic E-state index is -0.0535. The van der Waals surface area contributed by atoms with Gasteiger partial charge < -0.3 is 10.2 Å². The lowest BCUT2D eigenvalue weighted by Crippen LogP contribution is -2.34. The average Bonchev–Trinajstić information content (AvgIpc) is 3.18. The minimum absolute atomic E-state index is 0.0261. The Labute approximate surface area is 168 Å². The van der Waals surface area contributed by atoms with Gasteiger partial charge in [0.2, 0.25) is 0 Å². The van der Waals surface area contributed by atoms with Crippen molar-refractivity contribution in [3.05, 3.63) is 70.2 Å². The quantitative estimate of drug-likeness (QED) is 0.743. The Hall–Kier alpha value is -1.14. The molecule has 3 rings (SSSR count). The maximum Gasteiger partial charge on any atom is 0.251 e. The second kappa shape index (κ2) is 9.18. The molecule has 1 fully saturated rings. The van der Waals surface area contributed by atoms with E-state index in [0.29, 0.717) is 16.7 Å². The molecule has 0 radical (unpaired) electrons. The summed E-state index contributed by atoms with van der Waals surface area (Å²) in [5.74, 6) is 2.35. The van der Waals surface area contributed by atoms with Crippen LogP contribution < -0.4 is 5.32 Å². The van der Waals surface area contributed by atoms with E-state index in [2.05, 4.69) is 22.3 Å². The lowest BCUT2D eigenvalue weighted by Gasteiger charge is -2.26. The summed E-state index contributed by atoms with van der Waals surface area (Å²) in [6.45, 7) is 0.506. The summed E-state index contributed by atoms with van der Waals surface area (Å²) in [6, 6.07) is 15.8. The van der Waals surface area contributed by atoms with E-state index in [4.69, 9.17) is 11.6 Å². The molecule has 0 saturated carbocycles. The van der Waals surface area contributed by atoms with Crippen LogP contribution >= 0.6 is 35.1 Å². The molecule has 0 bridgehead atoms. The van der Waals surface area contributed by atoms with Crippen LogP contribution in [0.5, 0.6) is 0 Å². The summed E-state index contributed by atoms with van der Waals surface area (Å²) in [5.41, 5.74) is 3.00. The Kier molecular flexibility index (Phi) is 6.92. The first-order chi connectivity index (χ1) is 12.6. The van der Waals surface area contributed by atoms with Gasteiger partial charge in [-0.1, -0.05) is 41.9 Å². The van der Waals surface area contributed by atoms with Crippen molar-refractivity contribution < 1.29 is 4.79 Å². The summed E-state index contributed by atoms with van der Waals surface area (Å²) in [7, 11) is 3.98. The molecule has 0 aromatic heterocycles. The summed E-state index contributed by atoms with van der Waals surface area (Å²) < 4.78 is 0.505. The van der Waals surface area contributed by atoms with Gasteiger partial charge in [-0.05, 0) is 43.4 Å². The molecule has 1 saturated heterocycles. The van der Waals surface area contributed by atoms with E-state index in [0.717, 1.165) is 10.6 Å². The van der Waals surface area contributed by atoms with Gasteiger partial charge in [0.25, 0.3) is 5.91 Å². The molecule has 2 aromatic rings. The van der Waals surface area contributed by atoms with Crippen LogP contribution in [0.2, 0.25) is 5.02 Å². The molecule has 1 N–H and O–H groups in total. The number of hydrogen-bond donors (Lipinski definition) is 1. The van der Waals surface area contributed by atoms with E-state index in [-0.39, 0.29) is 11.9 Å². The van der Waals surface area contributed by atoms with Gasteiger partial charge in [0, 0.05) is 28.6 Å². The van der Waals surface area contributed by atoms with Crippen molar-refractivity contribution in [2.45, 2.75) is 10.6 Å². The molecule has 1 amide bonds. The largest absolute Gasteiger partial charge is 0.350 e. The topological polar surface area (TPSA) is 32.3 Å². The first kappa shape index (κ1) is 19.6. The summed E-state index contributed by atoms with van der Waals surface area (Å²) in [6.07, 6.45) is 0. The lowest BCUT2D eigenvalue weighted by atomic mass is 10.1. The van der Waals surface area contributed by atoms with Crippen molar-refractivity contribution in [1.82, 2.24) is 10.2 Å². The van der Waals surface area contributed by atoms with E-state index in [1.54, 1.807) is 0 Å². The second-order valence-electron chi connectivity index (χ2n) is 6.41. The molecule has 6 heteroatoms. The number of hydrogen-bond acceptors (Lipinski definition) is 4. The van der Waals surface area contributed by atoms with Crippen molar-refractivity contribution in [3.63, 3.8) is 0 Å². The fourth-order valence-electron chi connectivity index (χ4n) is 2.95. The van der Waals surface area contributed by atoms with Gasteiger partial charge in [0.1, 0.15) is 0 Å². The zero-order chi connectivity index (χ0) is 18.5.